The van der Waals surface area contributed by atoms with Crippen LogP contribution in [0.2, 0.25) is 0 Å². The molecule has 1 radical (unpaired) electrons. The molecule has 0 aromatic carbocycles. The molecule has 0 saturated heterocycles. The molecule has 0 aromatic rings. The van der Waals surface area contributed by atoms with Gasteiger partial charge in [0.2, 0.25) is 0 Å². The van der Waals surface area contributed by atoms with Crippen LogP contribution in [0.25, 0.3) is 0 Å². The zero-order chi connectivity index (χ0) is 6.41. The smallest absolute Gasteiger partial charge is 0.306 e. The summed E-state index contributed by atoms with van der Waals surface area (Å²) in [5.41, 5.74) is 0. The Labute approximate surface area is 48.8 Å². The maximum absolute atomic E-state index is 10.2. The highest BCUT2D eigenvalue weighted by Gasteiger charge is 1.92. The minimum absolute atomic E-state index is 0.0500. The molecular formula is C6H7O2. The summed E-state index contributed by atoms with van der Waals surface area (Å²) in [6, 6.07) is 0. The van der Waals surface area contributed by atoms with E-state index in [0.717, 1.165) is 0 Å². The summed E-state index contributed by atoms with van der Waals surface area (Å²) in [4.78, 5) is 10.2. The van der Waals surface area contributed by atoms with Crippen LogP contribution < -0.4 is 0 Å². The SMILES string of the molecule is C#CCOC(=O)C[CH2]. The Hall–Kier alpha value is -0.970. The summed E-state index contributed by atoms with van der Waals surface area (Å²) in [6.07, 6.45) is 4.92. The number of carbonyl (C=O) groups excluding carboxylic acids is 1. The molecule has 0 bridgehead atoms. The van der Waals surface area contributed by atoms with Crippen molar-refractivity contribution in [3.8, 4) is 12.3 Å². The maximum Gasteiger partial charge on any atom is 0.306 e. The first-order valence-corrected chi connectivity index (χ1v) is 2.19. The number of hydrogen-bond acceptors (Lipinski definition) is 2. The molecule has 0 rings (SSSR count). The number of ether oxygens (including phenoxy) is 1. The van der Waals surface area contributed by atoms with Gasteiger partial charge in [0.15, 0.2) is 6.61 Å². The highest BCUT2D eigenvalue weighted by atomic mass is 16.5. The highest BCUT2D eigenvalue weighted by Crippen LogP contribution is 1.80. The van der Waals surface area contributed by atoms with Crippen molar-refractivity contribution in [2.45, 2.75) is 6.42 Å². The maximum atomic E-state index is 10.2. The first-order valence-electron chi connectivity index (χ1n) is 2.19. The van der Waals surface area contributed by atoms with Crippen molar-refractivity contribution in [3.05, 3.63) is 6.92 Å². The molecule has 0 heterocycles. The normalized spacial score (nSPS) is 7.50. The summed E-state index contributed by atoms with van der Waals surface area (Å²) < 4.78 is 4.40. The molecule has 0 aliphatic carbocycles. The Bertz CT molecular complexity index is 110. The van der Waals surface area contributed by atoms with E-state index in [1.807, 2.05) is 0 Å². The Morgan fingerprint density at radius 1 is 1.88 bits per heavy atom. The monoisotopic (exact) mass is 111 g/mol. The predicted molar refractivity (Wildman–Crippen MR) is 29.8 cm³/mol. The lowest BCUT2D eigenvalue weighted by molar-refractivity contribution is -0.141. The van der Waals surface area contributed by atoms with E-state index in [1.54, 1.807) is 0 Å². The van der Waals surface area contributed by atoms with Gasteiger partial charge in [0.1, 0.15) is 0 Å². The molecule has 0 amide bonds. The third-order valence-corrected chi connectivity index (χ3v) is 0.521. The van der Waals surface area contributed by atoms with Gasteiger partial charge >= 0.3 is 5.97 Å². The van der Waals surface area contributed by atoms with Crippen molar-refractivity contribution >= 4 is 5.97 Å². The van der Waals surface area contributed by atoms with Gasteiger partial charge in [-0.25, -0.2) is 0 Å². The fourth-order valence-corrected chi connectivity index (χ4v) is 0.194. The second-order valence-electron chi connectivity index (χ2n) is 1.11. The van der Waals surface area contributed by atoms with Gasteiger partial charge in [-0.05, 0) is 6.92 Å². The zero-order valence-electron chi connectivity index (χ0n) is 4.52. The van der Waals surface area contributed by atoms with Gasteiger partial charge in [0.25, 0.3) is 0 Å². The molecule has 0 fully saturated rings. The van der Waals surface area contributed by atoms with E-state index in [4.69, 9.17) is 6.42 Å². The van der Waals surface area contributed by atoms with Crippen molar-refractivity contribution in [2.75, 3.05) is 6.61 Å². The zero-order valence-corrected chi connectivity index (χ0v) is 4.52. The van der Waals surface area contributed by atoms with Crippen LogP contribution in [0.5, 0.6) is 0 Å². The average Bonchev–Trinajstić information content (AvgIpc) is 1.83. The molecule has 0 unspecified atom stereocenters. The lowest BCUT2D eigenvalue weighted by Crippen LogP contribution is -2.01. The van der Waals surface area contributed by atoms with E-state index in [9.17, 15) is 4.79 Å². The molecule has 0 aliphatic heterocycles. The van der Waals surface area contributed by atoms with Crippen molar-refractivity contribution in [2.24, 2.45) is 0 Å². The second kappa shape index (κ2) is 4.20. The van der Waals surface area contributed by atoms with Gasteiger partial charge in [-0.1, -0.05) is 5.92 Å². The molecule has 8 heavy (non-hydrogen) atoms. The Kier molecular flexibility index (Phi) is 3.69. The quantitative estimate of drug-likeness (QED) is 0.380. The van der Waals surface area contributed by atoms with Crippen molar-refractivity contribution in [3.63, 3.8) is 0 Å². The van der Waals surface area contributed by atoms with Crippen molar-refractivity contribution in [1.29, 1.82) is 0 Å². The van der Waals surface area contributed by atoms with E-state index in [2.05, 4.69) is 17.6 Å². The fraction of sp³-hybridized carbons (Fsp3) is 0.333. The van der Waals surface area contributed by atoms with E-state index >= 15 is 0 Å². The predicted octanol–water partition coefficient (Wildman–Crippen LogP) is 0.387. The van der Waals surface area contributed by atoms with E-state index < -0.39 is 0 Å². The molecule has 0 spiro atoms. The van der Waals surface area contributed by atoms with Crippen LogP contribution in [0, 0.1) is 19.3 Å². The van der Waals surface area contributed by atoms with Gasteiger partial charge < -0.3 is 4.74 Å². The Morgan fingerprint density at radius 3 is 2.88 bits per heavy atom. The summed E-state index contributed by atoms with van der Waals surface area (Å²) in [5.74, 6) is 1.80. The van der Waals surface area contributed by atoms with Gasteiger partial charge in [-0.3, -0.25) is 4.79 Å². The lowest BCUT2D eigenvalue weighted by Gasteiger charge is -1.93. The van der Waals surface area contributed by atoms with E-state index in [0.29, 0.717) is 0 Å². The highest BCUT2D eigenvalue weighted by molar-refractivity contribution is 5.69. The first-order chi connectivity index (χ1) is 3.81. The number of rotatable bonds is 2. The topological polar surface area (TPSA) is 26.3 Å². The average molecular weight is 111 g/mol. The summed E-state index contributed by atoms with van der Waals surface area (Å²) in [5, 5.41) is 0. The summed E-state index contributed by atoms with van der Waals surface area (Å²) in [7, 11) is 0. The number of esters is 1. The number of carbonyl (C=O) groups is 1. The van der Waals surface area contributed by atoms with Gasteiger partial charge in [-0.15, -0.1) is 6.42 Å². The van der Waals surface area contributed by atoms with Crippen LogP contribution in [-0.4, -0.2) is 12.6 Å². The molecule has 0 aliphatic rings. The second-order valence-corrected chi connectivity index (χ2v) is 1.11. The third-order valence-electron chi connectivity index (χ3n) is 0.521. The molecule has 2 heteroatoms. The van der Waals surface area contributed by atoms with Gasteiger partial charge in [0.05, 0.1) is 0 Å². The van der Waals surface area contributed by atoms with Gasteiger partial charge in [0, 0.05) is 6.42 Å². The molecule has 0 saturated carbocycles. The standard InChI is InChI=1S/C6H7O2/c1-3-5-8-6(7)4-2/h1H,2,4-5H2. The first kappa shape index (κ1) is 7.03. The van der Waals surface area contributed by atoms with E-state index in [1.165, 1.54) is 0 Å². The van der Waals surface area contributed by atoms with Crippen molar-refractivity contribution in [1.82, 2.24) is 0 Å². The van der Waals surface area contributed by atoms with Crippen LogP contribution >= 0.6 is 0 Å². The Morgan fingerprint density at radius 2 is 2.50 bits per heavy atom. The van der Waals surface area contributed by atoms with E-state index in [-0.39, 0.29) is 19.0 Å². The number of hydrogen-bond donors (Lipinski definition) is 0. The molecule has 2 nitrogen and oxygen atoms in total. The van der Waals surface area contributed by atoms with Crippen LogP contribution in [0.15, 0.2) is 0 Å². The minimum atomic E-state index is -0.358. The third kappa shape index (κ3) is 3.23. The molecule has 0 aromatic heterocycles. The van der Waals surface area contributed by atoms with Crippen LogP contribution in [0.1, 0.15) is 6.42 Å². The van der Waals surface area contributed by atoms with Crippen molar-refractivity contribution < 1.29 is 9.53 Å². The molecule has 43 valence electrons. The molecular weight excluding hydrogens is 104 g/mol. The lowest BCUT2D eigenvalue weighted by atomic mass is 10.5. The fourth-order valence-electron chi connectivity index (χ4n) is 0.194. The number of terminal acetylenes is 1. The van der Waals surface area contributed by atoms with Crippen LogP contribution in [-0.2, 0) is 9.53 Å². The molecule has 0 atom stereocenters. The summed E-state index contributed by atoms with van der Waals surface area (Å²) in [6.45, 7) is 3.35. The van der Waals surface area contributed by atoms with Crippen LogP contribution in [0.3, 0.4) is 0 Å². The van der Waals surface area contributed by atoms with Gasteiger partial charge in [-0.2, -0.15) is 0 Å². The molecule has 0 N–H and O–H groups in total. The minimum Gasteiger partial charge on any atom is -0.452 e. The summed E-state index contributed by atoms with van der Waals surface area (Å²) >= 11 is 0. The van der Waals surface area contributed by atoms with Crippen LogP contribution in [0.4, 0.5) is 0 Å². The largest absolute Gasteiger partial charge is 0.452 e. The Balaban J connectivity index is 3.15.